The quantitative estimate of drug-likeness (QED) is 0.862. The first-order valence-corrected chi connectivity index (χ1v) is 6.80. The summed E-state index contributed by atoms with van der Waals surface area (Å²) in [5.41, 5.74) is -0.135. The first-order valence-electron chi connectivity index (χ1n) is 6.01. The fourth-order valence-corrected chi connectivity index (χ4v) is 2.63. The molecule has 1 aromatic rings. The molecule has 0 aromatic heterocycles. The van der Waals surface area contributed by atoms with Gasteiger partial charge in [-0.05, 0) is 26.0 Å². The third-order valence-electron chi connectivity index (χ3n) is 2.93. The van der Waals surface area contributed by atoms with Crippen LogP contribution in [0.4, 0.5) is 0 Å². The van der Waals surface area contributed by atoms with Crippen molar-refractivity contribution in [2.45, 2.75) is 33.3 Å². The molecule has 3 nitrogen and oxygen atoms in total. The summed E-state index contributed by atoms with van der Waals surface area (Å²) in [6, 6.07) is 3.71. The highest BCUT2D eigenvalue weighted by Crippen LogP contribution is 2.40. The first-order chi connectivity index (χ1) is 8.19. The topological polar surface area (TPSA) is 38.7 Å². The van der Waals surface area contributed by atoms with E-state index >= 15 is 0 Å². The highest BCUT2D eigenvalue weighted by molar-refractivity contribution is 9.10. The summed E-state index contributed by atoms with van der Waals surface area (Å²) < 4.78 is 12.4. The largest absolute Gasteiger partial charge is 0.489 e. The van der Waals surface area contributed by atoms with Gasteiger partial charge in [-0.15, -0.1) is 0 Å². The van der Waals surface area contributed by atoms with E-state index in [1.807, 2.05) is 12.1 Å². The van der Waals surface area contributed by atoms with Crippen LogP contribution in [0, 0.1) is 5.41 Å². The van der Waals surface area contributed by atoms with Crippen LogP contribution in [0.15, 0.2) is 16.6 Å². The van der Waals surface area contributed by atoms with Crippen LogP contribution in [0.3, 0.4) is 0 Å². The molecule has 0 radical (unpaired) electrons. The Morgan fingerprint density at radius 3 is 2.17 bits per heavy atom. The lowest BCUT2D eigenvalue weighted by molar-refractivity contribution is 0.0774. The normalized spacial score (nSPS) is 18.3. The zero-order valence-electron chi connectivity index (χ0n) is 11.2. The van der Waals surface area contributed by atoms with Gasteiger partial charge < -0.3 is 14.6 Å². The molecule has 18 heavy (non-hydrogen) atoms. The van der Waals surface area contributed by atoms with Crippen molar-refractivity contribution in [3.63, 3.8) is 0 Å². The molecule has 0 saturated heterocycles. The Morgan fingerprint density at radius 1 is 1.17 bits per heavy atom. The summed E-state index contributed by atoms with van der Waals surface area (Å²) in [4.78, 5) is 0. The lowest BCUT2D eigenvalue weighted by Crippen LogP contribution is -2.26. The van der Waals surface area contributed by atoms with Crippen molar-refractivity contribution >= 4 is 15.9 Å². The highest BCUT2D eigenvalue weighted by atomic mass is 79.9. The van der Waals surface area contributed by atoms with Crippen LogP contribution < -0.4 is 9.47 Å². The molecular formula is C14H19BrO3. The van der Waals surface area contributed by atoms with E-state index in [1.165, 1.54) is 0 Å². The van der Waals surface area contributed by atoms with Crippen molar-refractivity contribution in [1.29, 1.82) is 0 Å². The van der Waals surface area contributed by atoms with Gasteiger partial charge in [-0.3, -0.25) is 0 Å². The number of fused-ring (bicyclic) bond motifs is 1. The minimum atomic E-state index is -0.918. The number of halogens is 1. The minimum absolute atomic E-state index is 0.0135. The zero-order valence-corrected chi connectivity index (χ0v) is 12.8. The Kier molecular flexibility index (Phi) is 3.36. The summed E-state index contributed by atoms with van der Waals surface area (Å²) in [6.45, 7) is 8.93. The van der Waals surface area contributed by atoms with Crippen LogP contribution >= 0.6 is 15.9 Å². The molecule has 1 aromatic carbocycles. The predicted molar refractivity (Wildman–Crippen MR) is 74.2 cm³/mol. The van der Waals surface area contributed by atoms with Gasteiger partial charge in [-0.1, -0.05) is 29.8 Å². The van der Waals surface area contributed by atoms with Gasteiger partial charge >= 0.3 is 0 Å². The predicted octanol–water partition coefficient (Wildman–Crippen LogP) is 3.47. The molecule has 0 amide bonds. The van der Waals surface area contributed by atoms with Crippen LogP contribution in [0.25, 0.3) is 0 Å². The Hall–Kier alpha value is -0.740. The summed E-state index contributed by atoms with van der Waals surface area (Å²) >= 11 is 3.47. The second-order valence-corrected chi connectivity index (χ2v) is 6.93. The molecule has 4 heteroatoms. The van der Waals surface area contributed by atoms with E-state index in [4.69, 9.17) is 9.47 Å². The first kappa shape index (κ1) is 13.7. The van der Waals surface area contributed by atoms with Gasteiger partial charge in [-0.25, -0.2) is 0 Å². The van der Waals surface area contributed by atoms with Crippen LogP contribution in [0.5, 0.6) is 11.5 Å². The second kappa shape index (κ2) is 4.42. The molecule has 1 heterocycles. The van der Waals surface area contributed by atoms with Gasteiger partial charge in [0.05, 0.1) is 18.8 Å². The third-order valence-corrected chi connectivity index (χ3v) is 3.59. The molecule has 0 fully saturated rings. The molecule has 0 bridgehead atoms. The van der Waals surface area contributed by atoms with E-state index < -0.39 is 5.60 Å². The maximum Gasteiger partial charge on any atom is 0.162 e. The number of rotatable bonds is 1. The van der Waals surface area contributed by atoms with Crippen LogP contribution in [0.1, 0.15) is 33.3 Å². The Labute approximate surface area is 116 Å². The van der Waals surface area contributed by atoms with Crippen molar-refractivity contribution in [2.75, 3.05) is 13.2 Å². The lowest BCUT2D eigenvalue weighted by atomic mass is 9.97. The average molecular weight is 315 g/mol. The molecule has 0 unspecified atom stereocenters. The van der Waals surface area contributed by atoms with Crippen LogP contribution in [-0.4, -0.2) is 18.3 Å². The van der Waals surface area contributed by atoms with Gasteiger partial charge in [0.25, 0.3) is 0 Å². The van der Waals surface area contributed by atoms with E-state index in [-0.39, 0.29) is 5.41 Å². The Morgan fingerprint density at radius 2 is 1.67 bits per heavy atom. The summed E-state index contributed by atoms with van der Waals surface area (Å²) in [7, 11) is 0. The van der Waals surface area contributed by atoms with Gasteiger partial charge in [0.2, 0.25) is 0 Å². The maximum absolute atomic E-state index is 10.1. The van der Waals surface area contributed by atoms with Crippen molar-refractivity contribution in [2.24, 2.45) is 5.41 Å². The molecule has 0 atom stereocenters. The zero-order chi connectivity index (χ0) is 13.6. The number of hydrogen-bond acceptors (Lipinski definition) is 3. The summed E-state index contributed by atoms with van der Waals surface area (Å²) in [5.74, 6) is 1.42. The van der Waals surface area contributed by atoms with E-state index in [0.29, 0.717) is 19.0 Å². The molecule has 0 aliphatic carbocycles. The average Bonchev–Trinajstić information content (AvgIpc) is 2.36. The maximum atomic E-state index is 10.1. The van der Waals surface area contributed by atoms with Crippen molar-refractivity contribution < 1.29 is 14.6 Å². The third kappa shape index (κ3) is 2.81. The van der Waals surface area contributed by atoms with E-state index in [1.54, 1.807) is 13.8 Å². The van der Waals surface area contributed by atoms with Crippen molar-refractivity contribution in [3.8, 4) is 11.5 Å². The Bertz CT molecular complexity index is 461. The van der Waals surface area contributed by atoms with Crippen LogP contribution in [-0.2, 0) is 5.60 Å². The second-order valence-electron chi connectivity index (χ2n) is 6.08. The Balaban J connectivity index is 2.42. The molecule has 100 valence electrons. The summed E-state index contributed by atoms with van der Waals surface area (Å²) in [5, 5.41) is 10.1. The minimum Gasteiger partial charge on any atom is -0.489 e. The fraction of sp³-hybridized carbons (Fsp3) is 0.571. The molecule has 1 aliphatic rings. The lowest BCUT2D eigenvalue weighted by Gasteiger charge is -2.21. The molecule has 0 spiro atoms. The monoisotopic (exact) mass is 314 g/mol. The van der Waals surface area contributed by atoms with E-state index in [2.05, 4.69) is 29.8 Å². The van der Waals surface area contributed by atoms with Gasteiger partial charge in [0.15, 0.2) is 11.5 Å². The van der Waals surface area contributed by atoms with E-state index in [9.17, 15) is 5.11 Å². The fourth-order valence-electron chi connectivity index (χ4n) is 1.82. The van der Waals surface area contributed by atoms with E-state index in [0.717, 1.165) is 15.8 Å². The molecule has 2 rings (SSSR count). The molecule has 0 saturated carbocycles. The number of ether oxygens (including phenoxy) is 2. The smallest absolute Gasteiger partial charge is 0.162 e. The molecule has 1 N–H and O–H groups in total. The molecule has 1 aliphatic heterocycles. The standard InChI is InChI=1S/C14H19BrO3/c1-13(2)7-17-11-5-9(14(3,4)16)10(15)6-12(11)18-8-13/h5-6,16H,7-8H2,1-4H3. The highest BCUT2D eigenvalue weighted by Gasteiger charge is 2.28. The number of benzene rings is 1. The van der Waals surface area contributed by atoms with Crippen molar-refractivity contribution in [3.05, 3.63) is 22.2 Å². The van der Waals surface area contributed by atoms with Crippen LogP contribution in [0.2, 0.25) is 0 Å². The van der Waals surface area contributed by atoms with Gasteiger partial charge in [0, 0.05) is 15.5 Å². The SMILES string of the molecule is CC1(C)COc2cc(Br)c(C(C)(C)O)cc2OC1. The number of aliphatic hydroxyl groups is 1. The molecular weight excluding hydrogens is 296 g/mol. The summed E-state index contributed by atoms with van der Waals surface area (Å²) in [6.07, 6.45) is 0. The number of hydrogen-bond donors (Lipinski definition) is 1. The van der Waals surface area contributed by atoms with Gasteiger partial charge in [-0.2, -0.15) is 0 Å². The van der Waals surface area contributed by atoms with Gasteiger partial charge in [0.1, 0.15) is 0 Å². The van der Waals surface area contributed by atoms with Crippen molar-refractivity contribution in [1.82, 2.24) is 0 Å².